The Morgan fingerprint density at radius 2 is 1.81 bits per heavy atom. The van der Waals surface area contributed by atoms with Crippen LogP contribution in [-0.2, 0) is 22.6 Å². The van der Waals surface area contributed by atoms with Gasteiger partial charge in [-0.25, -0.2) is 0 Å². The number of benzene rings is 1. The van der Waals surface area contributed by atoms with Gasteiger partial charge in [0.15, 0.2) is 0 Å². The van der Waals surface area contributed by atoms with Gasteiger partial charge in [0.2, 0.25) is 5.91 Å². The number of rotatable bonds is 2. The number of hydrogen-bond donors (Lipinski definition) is 1. The van der Waals surface area contributed by atoms with Crippen molar-refractivity contribution in [2.24, 2.45) is 11.8 Å². The minimum Gasteiger partial charge on any atom is -0.481 e. The summed E-state index contributed by atoms with van der Waals surface area (Å²) in [5, 5.41) is 9.15. The summed E-state index contributed by atoms with van der Waals surface area (Å²) in [5.41, 5.74) is 2.55. The smallest absolute Gasteiger partial charge is 0.306 e. The molecule has 0 spiro atoms. The van der Waals surface area contributed by atoms with Gasteiger partial charge in [-0.05, 0) is 36.8 Å². The van der Waals surface area contributed by atoms with Gasteiger partial charge in [-0.15, -0.1) is 0 Å². The van der Waals surface area contributed by atoms with Gasteiger partial charge in [0.1, 0.15) is 0 Å². The molecule has 1 heterocycles. The van der Waals surface area contributed by atoms with Gasteiger partial charge in [-0.3, -0.25) is 9.59 Å². The first-order valence-corrected chi connectivity index (χ1v) is 7.73. The van der Waals surface area contributed by atoms with Gasteiger partial charge in [0, 0.05) is 19.0 Å². The third-order valence-electron chi connectivity index (χ3n) is 4.82. The lowest BCUT2D eigenvalue weighted by Crippen LogP contribution is -2.41. The molecule has 0 saturated heterocycles. The lowest BCUT2D eigenvalue weighted by atomic mass is 9.80. The molecular weight excluding hydrogens is 266 g/mol. The van der Waals surface area contributed by atoms with E-state index < -0.39 is 5.97 Å². The third-order valence-corrected chi connectivity index (χ3v) is 4.82. The normalized spacial score (nSPS) is 25.2. The zero-order valence-corrected chi connectivity index (χ0v) is 12.1. The Bertz CT molecular complexity index is 555. The van der Waals surface area contributed by atoms with Crippen LogP contribution in [0.3, 0.4) is 0 Å². The highest BCUT2D eigenvalue weighted by Gasteiger charge is 2.34. The maximum atomic E-state index is 12.7. The molecule has 112 valence electrons. The van der Waals surface area contributed by atoms with Gasteiger partial charge in [-0.2, -0.15) is 0 Å². The van der Waals surface area contributed by atoms with E-state index in [2.05, 4.69) is 12.1 Å². The standard InChI is InChI=1S/C17H21NO3/c19-16(13-6-3-7-14(10-13)17(20)21)18-9-8-12-4-1-2-5-15(12)11-18/h1-2,4-5,13-14H,3,6-11H2,(H,20,21)/t13-,14-/m1/s1. The Morgan fingerprint density at radius 3 is 2.57 bits per heavy atom. The Balaban J connectivity index is 1.67. The number of aliphatic carboxylic acids is 1. The molecule has 0 radical (unpaired) electrons. The molecule has 2 atom stereocenters. The maximum Gasteiger partial charge on any atom is 0.306 e. The zero-order valence-electron chi connectivity index (χ0n) is 12.1. The molecule has 1 fully saturated rings. The number of hydrogen-bond acceptors (Lipinski definition) is 2. The summed E-state index contributed by atoms with van der Waals surface area (Å²) in [6.45, 7) is 1.42. The summed E-state index contributed by atoms with van der Waals surface area (Å²) in [7, 11) is 0. The lowest BCUT2D eigenvalue weighted by Gasteiger charge is -2.34. The first-order chi connectivity index (χ1) is 10.1. The first kappa shape index (κ1) is 14.1. The average molecular weight is 287 g/mol. The van der Waals surface area contributed by atoms with E-state index >= 15 is 0 Å². The molecule has 1 saturated carbocycles. The van der Waals surface area contributed by atoms with Crippen LogP contribution >= 0.6 is 0 Å². The number of amides is 1. The highest BCUT2D eigenvalue weighted by Crippen LogP contribution is 2.31. The van der Waals surface area contributed by atoms with E-state index in [1.54, 1.807) is 0 Å². The van der Waals surface area contributed by atoms with Crippen molar-refractivity contribution >= 4 is 11.9 Å². The predicted molar refractivity (Wildman–Crippen MR) is 78.6 cm³/mol. The largest absolute Gasteiger partial charge is 0.481 e. The minimum atomic E-state index is -0.753. The molecule has 1 aromatic carbocycles. The van der Waals surface area contributed by atoms with Gasteiger partial charge in [0.05, 0.1) is 5.92 Å². The molecule has 4 nitrogen and oxygen atoms in total. The number of carbonyl (C=O) groups excluding carboxylic acids is 1. The maximum absolute atomic E-state index is 12.7. The third kappa shape index (κ3) is 2.94. The molecule has 1 aliphatic heterocycles. The number of carboxylic acids is 1. The van der Waals surface area contributed by atoms with Crippen molar-refractivity contribution in [3.05, 3.63) is 35.4 Å². The number of nitrogens with zero attached hydrogens (tertiary/aromatic N) is 1. The van der Waals surface area contributed by atoms with Crippen LogP contribution in [0.5, 0.6) is 0 Å². The van der Waals surface area contributed by atoms with E-state index in [0.717, 1.165) is 25.8 Å². The van der Waals surface area contributed by atoms with Crippen molar-refractivity contribution < 1.29 is 14.7 Å². The molecule has 1 N–H and O–H groups in total. The van der Waals surface area contributed by atoms with Crippen molar-refractivity contribution in [2.45, 2.75) is 38.6 Å². The quantitative estimate of drug-likeness (QED) is 0.909. The monoisotopic (exact) mass is 287 g/mol. The van der Waals surface area contributed by atoms with Gasteiger partial charge >= 0.3 is 5.97 Å². The lowest BCUT2D eigenvalue weighted by molar-refractivity contribution is -0.145. The van der Waals surface area contributed by atoms with Gasteiger partial charge < -0.3 is 10.0 Å². The van der Waals surface area contributed by atoms with Crippen LogP contribution in [0.4, 0.5) is 0 Å². The molecule has 2 aliphatic rings. The van der Waals surface area contributed by atoms with E-state index in [1.165, 1.54) is 11.1 Å². The van der Waals surface area contributed by atoms with Crippen molar-refractivity contribution in [2.75, 3.05) is 6.54 Å². The minimum absolute atomic E-state index is 0.106. The zero-order chi connectivity index (χ0) is 14.8. The fourth-order valence-corrected chi connectivity index (χ4v) is 3.58. The Labute approximate surface area is 124 Å². The number of carboxylic acid groups (broad SMARTS) is 1. The molecule has 0 bridgehead atoms. The summed E-state index contributed by atoms with van der Waals surface area (Å²) in [5.74, 6) is -1.05. The van der Waals surface area contributed by atoms with Gasteiger partial charge in [-0.1, -0.05) is 30.7 Å². The molecule has 3 rings (SSSR count). The predicted octanol–water partition coefficient (Wildman–Crippen LogP) is 2.46. The molecule has 21 heavy (non-hydrogen) atoms. The SMILES string of the molecule is O=C(O)[C@@H]1CCC[C@@H](C(=O)N2CCc3ccccc3C2)C1. The first-order valence-electron chi connectivity index (χ1n) is 7.73. The topological polar surface area (TPSA) is 57.6 Å². The second kappa shape index (κ2) is 5.88. The van der Waals surface area contributed by atoms with Crippen molar-refractivity contribution in [1.29, 1.82) is 0 Å². The van der Waals surface area contributed by atoms with E-state index in [4.69, 9.17) is 5.11 Å². The van der Waals surface area contributed by atoms with Crippen LogP contribution in [0.15, 0.2) is 24.3 Å². The fraction of sp³-hybridized carbons (Fsp3) is 0.529. The Kier molecular flexibility index (Phi) is 3.95. The molecule has 1 aliphatic carbocycles. The Morgan fingerprint density at radius 1 is 1.10 bits per heavy atom. The second-order valence-corrected chi connectivity index (χ2v) is 6.18. The molecule has 0 unspecified atom stereocenters. The molecule has 1 amide bonds. The number of fused-ring (bicyclic) bond motifs is 1. The van der Waals surface area contributed by atoms with Crippen LogP contribution in [0.2, 0.25) is 0 Å². The summed E-state index contributed by atoms with van der Waals surface area (Å²) >= 11 is 0. The van der Waals surface area contributed by atoms with Crippen molar-refractivity contribution in [3.8, 4) is 0 Å². The number of carbonyl (C=O) groups is 2. The van der Waals surface area contributed by atoms with Crippen molar-refractivity contribution in [3.63, 3.8) is 0 Å². The van der Waals surface area contributed by atoms with E-state index in [-0.39, 0.29) is 17.7 Å². The second-order valence-electron chi connectivity index (χ2n) is 6.18. The molecular formula is C17H21NO3. The summed E-state index contributed by atoms with van der Waals surface area (Å²) < 4.78 is 0. The van der Waals surface area contributed by atoms with E-state index in [0.29, 0.717) is 19.4 Å². The van der Waals surface area contributed by atoms with Gasteiger partial charge in [0.25, 0.3) is 0 Å². The summed E-state index contributed by atoms with van der Waals surface area (Å²) in [6, 6.07) is 8.25. The average Bonchev–Trinajstić information content (AvgIpc) is 2.53. The molecule has 4 heteroatoms. The molecule has 1 aromatic rings. The van der Waals surface area contributed by atoms with Crippen molar-refractivity contribution in [1.82, 2.24) is 4.90 Å². The van der Waals surface area contributed by atoms with Crippen LogP contribution < -0.4 is 0 Å². The van der Waals surface area contributed by atoms with Crippen LogP contribution in [0, 0.1) is 11.8 Å². The summed E-state index contributed by atoms with van der Waals surface area (Å²) in [4.78, 5) is 25.7. The van der Waals surface area contributed by atoms with Crippen LogP contribution in [0.25, 0.3) is 0 Å². The highest BCUT2D eigenvalue weighted by atomic mass is 16.4. The van der Waals surface area contributed by atoms with E-state index in [1.807, 2.05) is 17.0 Å². The summed E-state index contributed by atoms with van der Waals surface area (Å²) in [6.07, 6.45) is 3.80. The molecule has 0 aromatic heterocycles. The van der Waals surface area contributed by atoms with Crippen LogP contribution in [0.1, 0.15) is 36.8 Å². The Hall–Kier alpha value is -1.84. The van der Waals surface area contributed by atoms with Crippen LogP contribution in [-0.4, -0.2) is 28.4 Å². The highest BCUT2D eigenvalue weighted by molar-refractivity contribution is 5.80. The van der Waals surface area contributed by atoms with E-state index in [9.17, 15) is 9.59 Å². The fourth-order valence-electron chi connectivity index (χ4n) is 3.58.